The number of Topliss-reactive ketones (excluding diaryl/α,β-unsaturated/α-hetero) is 1. The van der Waals surface area contributed by atoms with Crippen molar-refractivity contribution in [1.29, 1.82) is 0 Å². The van der Waals surface area contributed by atoms with Gasteiger partial charge in [0.2, 0.25) is 0 Å². The molecule has 4 aliphatic carbocycles. The summed E-state index contributed by atoms with van der Waals surface area (Å²) in [5.74, 6) is 1.35. The Morgan fingerprint density at radius 3 is 2.25 bits per heavy atom. The number of rotatable bonds is 0. The van der Waals surface area contributed by atoms with E-state index in [4.69, 9.17) is 18.9 Å². The van der Waals surface area contributed by atoms with E-state index in [2.05, 4.69) is 13.8 Å². The van der Waals surface area contributed by atoms with Crippen LogP contribution in [0.2, 0.25) is 0 Å². The molecule has 6 rings (SSSR count). The molecule has 28 heavy (non-hydrogen) atoms. The van der Waals surface area contributed by atoms with Gasteiger partial charge in [-0.3, -0.25) is 4.79 Å². The van der Waals surface area contributed by atoms with Gasteiger partial charge in [0.15, 0.2) is 11.6 Å². The van der Waals surface area contributed by atoms with Crippen LogP contribution in [0.5, 0.6) is 0 Å². The SMILES string of the molecule is C[C@]12CCC3(CC1C(=O)CC1C2CC[C@@]2(C)C1CCC21OCCO1)OCCO3. The zero-order chi connectivity index (χ0) is 19.2. The summed E-state index contributed by atoms with van der Waals surface area (Å²) in [4.78, 5) is 13.5. The van der Waals surface area contributed by atoms with E-state index in [0.29, 0.717) is 36.8 Å². The van der Waals surface area contributed by atoms with E-state index in [1.165, 1.54) is 6.42 Å². The normalized spacial score (nSPS) is 51.3. The molecule has 0 bridgehead atoms. The van der Waals surface area contributed by atoms with Crippen LogP contribution >= 0.6 is 0 Å². The van der Waals surface area contributed by atoms with Gasteiger partial charge in [-0.1, -0.05) is 13.8 Å². The summed E-state index contributed by atoms with van der Waals surface area (Å²) in [5.41, 5.74) is 0.150. The Hall–Kier alpha value is -0.490. The van der Waals surface area contributed by atoms with Crippen LogP contribution in [0.15, 0.2) is 0 Å². The van der Waals surface area contributed by atoms with E-state index >= 15 is 0 Å². The van der Waals surface area contributed by atoms with Crippen molar-refractivity contribution in [3.63, 3.8) is 0 Å². The number of hydrogen-bond acceptors (Lipinski definition) is 5. The second kappa shape index (κ2) is 5.81. The number of carbonyl (C=O) groups excluding carboxylic acids is 1. The van der Waals surface area contributed by atoms with Crippen molar-refractivity contribution >= 4 is 5.78 Å². The third-order valence-electron chi connectivity index (χ3n) is 10.1. The van der Waals surface area contributed by atoms with E-state index in [1.54, 1.807) is 0 Å². The summed E-state index contributed by atoms with van der Waals surface area (Å²) in [7, 11) is 0. The highest BCUT2D eigenvalue weighted by Crippen LogP contribution is 2.69. The first kappa shape index (κ1) is 18.3. The zero-order valence-electron chi connectivity index (χ0n) is 17.3. The minimum atomic E-state index is -0.473. The van der Waals surface area contributed by atoms with E-state index in [1.807, 2.05) is 0 Å². The predicted molar refractivity (Wildman–Crippen MR) is 101 cm³/mol. The average Bonchev–Trinajstić information content (AvgIpc) is 3.39. The van der Waals surface area contributed by atoms with E-state index in [9.17, 15) is 4.79 Å². The van der Waals surface area contributed by atoms with Crippen molar-refractivity contribution in [2.75, 3.05) is 26.4 Å². The maximum absolute atomic E-state index is 13.5. The summed E-state index contributed by atoms with van der Waals surface area (Å²) in [5, 5.41) is 0. The quantitative estimate of drug-likeness (QED) is 0.631. The van der Waals surface area contributed by atoms with E-state index in [-0.39, 0.29) is 22.5 Å². The number of ketones is 1. The van der Waals surface area contributed by atoms with Gasteiger partial charge in [0.25, 0.3) is 0 Å². The molecule has 2 heterocycles. The number of fused-ring (bicyclic) bond motifs is 6. The number of hydrogen-bond donors (Lipinski definition) is 0. The number of ether oxygens (including phenoxy) is 4. The van der Waals surface area contributed by atoms with Crippen LogP contribution in [0.1, 0.15) is 65.2 Å². The largest absolute Gasteiger partial charge is 0.348 e. The molecule has 4 saturated carbocycles. The van der Waals surface area contributed by atoms with Crippen LogP contribution in [0.4, 0.5) is 0 Å². The Morgan fingerprint density at radius 1 is 0.821 bits per heavy atom. The molecule has 0 aromatic heterocycles. The van der Waals surface area contributed by atoms with Gasteiger partial charge in [-0.25, -0.2) is 0 Å². The molecular weight excluding hydrogens is 356 g/mol. The lowest BCUT2D eigenvalue weighted by molar-refractivity contribution is -0.254. The molecule has 0 aromatic rings. The third kappa shape index (κ3) is 2.15. The van der Waals surface area contributed by atoms with Crippen LogP contribution in [-0.2, 0) is 23.7 Å². The summed E-state index contributed by atoms with van der Waals surface area (Å²) < 4.78 is 24.5. The molecule has 2 saturated heterocycles. The molecular formula is C23H34O5. The topological polar surface area (TPSA) is 54.0 Å². The predicted octanol–water partition coefficient (Wildman–Crippen LogP) is 3.69. The van der Waals surface area contributed by atoms with Crippen molar-refractivity contribution in [3.05, 3.63) is 0 Å². The second-order valence-electron chi connectivity index (χ2n) is 10.9. The van der Waals surface area contributed by atoms with Gasteiger partial charge >= 0.3 is 0 Å². The monoisotopic (exact) mass is 390 g/mol. The van der Waals surface area contributed by atoms with Crippen LogP contribution in [0.25, 0.3) is 0 Å². The molecule has 0 radical (unpaired) electrons. The molecule has 0 N–H and O–H groups in total. The van der Waals surface area contributed by atoms with Crippen molar-refractivity contribution < 1.29 is 23.7 Å². The summed E-state index contributed by atoms with van der Waals surface area (Å²) in [6, 6.07) is 0. The van der Waals surface area contributed by atoms with E-state index < -0.39 is 5.79 Å². The maximum atomic E-state index is 13.5. The van der Waals surface area contributed by atoms with Crippen molar-refractivity contribution in [1.82, 2.24) is 0 Å². The highest BCUT2D eigenvalue weighted by molar-refractivity contribution is 5.83. The Balaban J connectivity index is 1.31. The molecule has 6 aliphatic rings. The molecule has 5 nitrogen and oxygen atoms in total. The smallest absolute Gasteiger partial charge is 0.174 e. The highest BCUT2D eigenvalue weighted by Gasteiger charge is 2.69. The molecule has 6 atom stereocenters. The molecule has 2 spiro atoms. The van der Waals surface area contributed by atoms with Crippen molar-refractivity contribution in [2.24, 2.45) is 34.5 Å². The Kier molecular flexibility index (Phi) is 3.79. The fourth-order valence-electron chi connectivity index (χ4n) is 8.62. The van der Waals surface area contributed by atoms with Crippen molar-refractivity contribution in [3.8, 4) is 0 Å². The standard InChI is InChI=1S/C23H34O5/c1-20-7-8-22(25-9-10-26-22)14-18(20)19(24)13-15-16(20)3-5-21(2)17(15)4-6-23(21)27-11-12-28-23/h15-18H,3-14H2,1-2H3/t15?,16?,17?,18?,20-,21+/m1/s1. The Labute approximate surface area is 167 Å². The first-order valence-electron chi connectivity index (χ1n) is 11.5. The van der Waals surface area contributed by atoms with Gasteiger partial charge in [0, 0.05) is 37.0 Å². The molecule has 2 aliphatic heterocycles. The Bertz CT molecular complexity index is 678. The van der Waals surface area contributed by atoms with Gasteiger partial charge in [-0.05, 0) is 48.9 Å². The highest BCUT2D eigenvalue weighted by atomic mass is 16.7. The lowest BCUT2D eigenvalue weighted by Crippen LogP contribution is -2.60. The van der Waals surface area contributed by atoms with Crippen molar-refractivity contribution in [2.45, 2.75) is 76.8 Å². The summed E-state index contributed by atoms with van der Waals surface area (Å²) >= 11 is 0. The minimum absolute atomic E-state index is 0.0572. The maximum Gasteiger partial charge on any atom is 0.174 e. The fourth-order valence-corrected chi connectivity index (χ4v) is 8.62. The van der Waals surface area contributed by atoms with Gasteiger partial charge in [-0.15, -0.1) is 0 Å². The van der Waals surface area contributed by atoms with Crippen LogP contribution < -0.4 is 0 Å². The molecule has 6 fully saturated rings. The molecule has 4 unspecified atom stereocenters. The first-order chi connectivity index (χ1) is 13.4. The summed E-state index contributed by atoms with van der Waals surface area (Å²) in [6.45, 7) is 7.58. The first-order valence-corrected chi connectivity index (χ1v) is 11.5. The minimum Gasteiger partial charge on any atom is -0.348 e. The molecule has 0 aromatic carbocycles. The van der Waals surface area contributed by atoms with Crippen LogP contribution in [0.3, 0.4) is 0 Å². The van der Waals surface area contributed by atoms with Gasteiger partial charge in [0.1, 0.15) is 5.78 Å². The van der Waals surface area contributed by atoms with E-state index in [0.717, 1.165) is 58.2 Å². The van der Waals surface area contributed by atoms with Gasteiger partial charge < -0.3 is 18.9 Å². The van der Waals surface area contributed by atoms with Crippen LogP contribution in [-0.4, -0.2) is 43.8 Å². The molecule has 5 heteroatoms. The third-order valence-corrected chi connectivity index (χ3v) is 10.1. The number of carbonyl (C=O) groups is 1. The lowest BCUT2D eigenvalue weighted by atomic mass is 9.44. The lowest BCUT2D eigenvalue weighted by Gasteiger charge is -2.61. The summed E-state index contributed by atoms with van der Waals surface area (Å²) in [6.07, 6.45) is 7.98. The Morgan fingerprint density at radius 2 is 1.50 bits per heavy atom. The van der Waals surface area contributed by atoms with Gasteiger partial charge in [0.05, 0.1) is 26.4 Å². The fraction of sp³-hybridized carbons (Fsp3) is 0.957. The molecule has 156 valence electrons. The average molecular weight is 391 g/mol. The van der Waals surface area contributed by atoms with Gasteiger partial charge in [-0.2, -0.15) is 0 Å². The molecule has 0 amide bonds. The zero-order valence-corrected chi connectivity index (χ0v) is 17.3. The second-order valence-corrected chi connectivity index (χ2v) is 10.9. The van der Waals surface area contributed by atoms with Crippen LogP contribution in [0, 0.1) is 34.5 Å².